The molecule has 1 N–H and O–H groups in total. The van der Waals surface area contributed by atoms with E-state index in [0.29, 0.717) is 31.8 Å². The molecule has 0 radical (unpaired) electrons. The molecule has 6 heteroatoms. The number of nitrogens with zero attached hydrogens (tertiary/aromatic N) is 2. The van der Waals surface area contributed by atoms with Crippen LogP contribution < -0.4 is 5.56 Å². The van der Waals surface area contributed by atoms with E-state index in [9.17, 15) is 14.4 Å². The van der Waals surface area contributed by atoms with Crippen molar-refractivity contribution >= 4 is 22.7 Å². The number of nitrogens with one attached hydrogen (secondary N) is 1. The van der Waals surface area contributed by atoms with E-state index >= 15 is 0 Å². The van der Waals surface area contributed by atoms with Crippen LogP contribution in [-0.2, 0) is 4.79 Å². The van der Waals surface area contributed by atoms with Crippen LogP contribution in [0.3, 0.4) is 0 Å². The van der Waals surface area contributed by atoms with Gasteiger partial charge in [-0.1, -0.05) is 25.1 Å². The van der Waals surface area contributed by atoms with Gasteiger partial charge in [0.25, 0.3) is 11.5 Å². The highest BCUT2D eigenvalue weighted by Crippen LogP contribution is 2.25. The third kappa shape index (κ3) is 3.80. The molecule has 2 aliphatic heterocycles. The largest absolute Gasteiger partial charge is 0.342 e. The van der Waals surface area contributed by atoms with Crippen molar-refractivity contribution in [2.24, 2.45) is 11.8 Å². The fourth-order valence-corrected chi connectivity index (χ4v) is 4.80. The van der Waals surface area contributed by atoms with E-state index < -0.39 is 0 Å². The van der Waals surface area contributed by atoms with Crippen LogP contribution in [0.4, 0.5) is 0 Å². The lowest BCUT2D eigenvalue weighted by atomic mass is 9.92. The molecule has 1 atom stereocenters. The number of aryl methyl sites for hydroxylation is 1. The minimum Gasteiger partial charge on any atom is -0.342 e. The van der Waals surface area contributed by atoms with Crippen molar-refractivity contribution in [2.45, 2.75) is 39.5 Å². The zero-order valence-corrected chi connectivity index (χ0v) is 17.2. The first-order valence-electron chi connectivity index (χ1n) is 10.7. The topological polar surface area (TPSA) is 73.5 Å². The molecule has 3 heterocycles. The number of rotatable bonds is 2. The average Bonchev–Trinajstić information content (AvgIpc) is 2.73. The van der Waals surface area contributed by atoms with Gasteiger partial charge in [-0.15, -0.1) is 0 Å². The quantitative estimate of drug-likeness (QED) is 0.850. The van der Waals surface area contributed by atoms with E-state index in [1.54, 1.807) is 4.90 Å². The lowest BCUT2D eigenvalue weighted by molar-refractivity contribution is -0.138. The molecule has 2 fully saturated rings. The number of pyridine rings is 1. The number of piperidine rings is 2. The van der Waals surface area contributed by atoms with Crippen molar-refractivity contribution in [2.75, 3.05) is 26.2 Å². The van der Waals surface area contributed by atoms with E-state index in [1.807, 2.05) is 36.1 Å². The van der Waals surface area contributed by atoms with Gasteiger partial charge in [0.1, 0.15) is 5.56 Å². The van der Waals surface area contributed by atoms with Crippen LogP contribution in [0, 0.1) is 18.8 Å². The molecule has 0 spiro atoms. The summed E-state index contributed by atoms with van der Waals surface area (Å²) < 4.78 is 0. The molecule has 1 aromatic heterocycles. The third-order valence-corrected chi connectivity index (χ3v) is 6.50. The smallest absolute Gasteiger partial charge is 0.261 e. The van der Waals surface area contributed by atoms with Gasteiger partial charge >= 0.3 is 0 Å². The van der Waals surface area contributed by atoms with Crippen LogP contribution in [0.15, 0.2) is 29.1 Å². The second kappa shape index (κ2) is 8.01. The Labute approximate surface area is 170 Å². The fraction of sp³-hybridized carbons (Fsp3) is 0.522. The Kier molecular flexibility index (Phi) is 5.43. The number of carbonyl (C=O) groups is 2. The van der Waals surface area contributed by atoms with E-state index in [4.69, 9.17) is 0 Å². The summed E-state index contributed by atoms with van der Waals surface area (Å²) in [4.78, 5) is 45.1. The minimum atomic E-state index is -0.341. The second-order valence-electron chi connectivity index (χ2n) is 8.60. The Morgan fingerprint density at radius 2 is 1.76 bits per heavy atom. The van der Waals surface area contributed by atoms with E-state index in [2.05, 4.69) is 11.9 Å². The Bertz CT molecular complexity index is 989. The highest BCUT2D eigenvalue weighted by Gasteiger charge is 2.33. The Hall–Kier alpha value is -2.63. The van der Waals surface area contributed by atoms with Gasteiger partial charge in [0.2, 0.25) is 5.91 Å². The van der Waals surface area contributed by atoms with Crippen LogP contribution in [0.5, 0.6) is 0 Å². The van der Waals surface area contributed by atoms with Crippen LogP contribution >= 0.6 is 0 Å². The number of aromatic amines is 1. The van der Waals surface area contributed by atoms with Gasteiger partial charge in [-0.25, -0.2) is 0 Å². The number of carbonyl (C=O) groups excluding carboxylic acids is 2. The molecule has 0 unspecified atom stereocenters. The average molecular weight is 396 g/mol. The molecule has 154 valence electrons. The molecule has 2 aliphatic rings. The van der Waals surface area contributed by atoms with Gasteiger partial charge in [0.15, 0.2) is 0 Å². The van der Waals surface area contributed by atoms with Crippen LogP contribution in [0.2, 0.25) is 0 Å². The minimum absolute atomic E-state index is 0.0136. The molecule has 0 bridgehead atoms. The first kappa shape index (κ1) is 19.7. The summed E-state index contributed by atoms with van der Waals surface area (Å²) in [6.07, 6.45) is 3.60. The van der Waals surface area contributed by atoms with Crippen molar-refractivity contribution in [3.8, 4) is 0 Å². The first-order valence-corrected chi connectivity index (χ1v) is 10.7. The summed E-state index contributed by atoms with van der Waals surface area (Å²) in [5.41, 5.74) is 1.34. The molecule has 0 saturated carbocycles. The van der Waals surface area contributed by atoms with E-state index in [-0.39, 0.29) is 28.9 Å². The van der Waals surface area contributed by atoms with Gasteiger partial charge in [-0.2, -0.15) is 0 Å². The van der Waals surface area contributed by atoms with Gasteiger partial charge in [0, 0.05) is 43.0 Å². The number of amides is 2. The predicted molar refractivity (Wildman–Crippen MR) is 113 cm³/mol. The maximum atomic E-state index is 13.1. The van der Waals surface area contributed by atoms with Crippen molar-refractivity contribution in [1.82, 2.24) is 14.8 Å². The fourth-order valence-electron chi connectivity index (χ4n) is 4.80. The lowest BCUT2D eigenvalue weighted by Gasteiger charge is -2.37. The number of benzene rings is 1. The third-order valence-electron chi connectivity index (χ3n) is 6.50. The van der Waals surface area contributed by atoms with Crippen molar-refractivity contribution in [3.63, 3.8) is 0 Å². The van der Waals surface area contributed by atoms with Crippen molar-refractivity contribution in [1.29, 1.82) is 0 Å². The number of likely N-dealkylation sites (tertiary alicyclic amines) is 2. The Morgan fingerprint density at radius 1 is 1.03 bits per heavy atom. The molecule has 2 amide bonds. The summed E-state index contributed by atoms with van der Waals surface area (Å²) in [5, 5.41) is 0.889. The van der Waals surface area contributed by atoms with E-state index in [0.717, 1.165) is 36.0 Å². The molecular formula is C23H29N3O3. The molecule has 0 aliphatic carbocycles. The highest BCUT2D eigenvalue weighted by atomic mass is 16.2. The summed E-state index contributed by atoms with van der Waals surface area (Å²) in [5.74, 6) is 0.563. The highest BCUT2D eigenvalue weighted by molar-refractivity contribution is 6.00. The summed E-state index contributed by atoms with van der Waals surface area (Å²) in [7, 11) is 0. The van der Waals surface area contributed by atoms with Crippen LogP contribution in [0.1, 0.15) is 48.5 Å². The maximum absolute atomic E-state index is 13.1. The monoisotopic (exact) mass is 395 g/mol. The zero-order chi connectivity index (χ0) is 20.5. The molecule has 6 nitrogen and oxygen atoms in total. The van der Waals surface area contributed by atoms with Crippen molar-refractivity contribution in [3.05, 3.63) is 45.7 Å². The number of hydrogen-bond acceptors (Lipinski definition) is 3. The van der Waals surface area contributed by atoms with Gasteiger partial charge in [-0.05, 0) is 50.2 Å². The molecule has 1 aromatic carbocycles. The summed E-state index contributed by atoms with van der Waals surface area (Å²) in [6, 6.07) is 7.53. The standard InChI is InChI=1S/C23H29N3O3/c1-15-6-5-11-26(14-15)22(28)17-9-12-25(13-10-17)23(29)20-16(2)18-7-3-4-8-19(18)24-21(20)27/h3-4,7-8,15,17H,5-6,9-14H2,1-2H3,(H,24,27)/t15-/m0/s1. The van der Waals surface area contributed by atoms with Gasteiger partial charge in [0.05, 0.1) is 0 Å². The maximum Gasteiger partial charge on any atom is 0.261 e. The van der Waals surface area contributed by atoms with Crippen LogP contribution in [0.25, 0.3) is 10.9 Å². The Morgan fingerprint density at radius 3 is 2.48 bits per heavy atom. The van der Waals surface area contributed by atoms with Gasteiger partial charge in [-0.3, -0.25) is 14.4 Å². The summed E-state index contributed by atoms with van der Waals surface area (Å²) >= 11 is 0. The van der Waals surface area contributed by atoms with Crippen LogP contribution in [-0.4, -0.2) is 52.8 Å². The number of aromatic nitrogens is 1. The molecule has 2 saturated heterocycles. The normalized spacial score (nSPS) is 20.8. The van der Waals surface area contributed by atoms with Gasteiger partial charge < -0.3 is 14.8 Å². The predicted octanol–water partition coefficient (Wildman–Crippen LogP) is 2.95. The Balaban J connectivity index is 1.46. The molecule has 4 rings (SSSR count). The number of para-hydroxylation sites is 1. The lowest BCUT2D eigenvalue weighted by Crippen LogP contribution is -2.47. The number of hydrogen-bond donors (Lipinski definition) is 1. The second-order valence-corrected chi connectivity index (χ2v) is 8.60. The number of H-pyrrole nitrogens is 1. The zero-order valence-electron chi connectivity index (χ0n) is 17.2. The first-order chi connectivity index (χ1) is 14.0. The van der Waals surface area contributed by atoms with E-state index in [1.165, 1.54) is 6.42 Å². The molecule has 2 aromatic rings. The summed E-state index contributed by atoms with van der Waals surface area (Å²) in [6.45, 7) is 6.77. The van der Waals surface area contributed by atoms with Crippen molar-refractivity contribution < 1.29 is 9.59 Å². The number of fused-ring (bicyclic) bond motifs is 1. The SMILES string of the molecule is Cc1c(C(=O)N2CCC(C(=O)N3CCC[C@H](C)C3)CC2)c(=O)[nH]c2ccccc12. The molecule has 29 heavy (non-hydrogen) atoms. The molecular weight excluding hydrogens is 366 g/mol.